The van der Waals surface area contributed by atoms with Gasteiger partial charge in [0, 0.05) is 18.4 Å². The molecule has 5 nitrogen and oxygen atoms in total. The lowest BCUT2D eigenvalue weighted by Crippen LogP contribution is -2.14. The summed E-state index contributed by atoms with van der Waals surface area (Å²) < 4.78 is 7.57. The van der Waals surface area contributed by atoms with Crippen molar-refractivity contribution in [1.29, 1.82) is 0 Å². The first kappa shape index (κ1) is 15.5. The third-order valence-corrected chi connectivity index (χ3v) is 4.01. The molecule has 0 spiro atoms. The molecule has 2 aromatic heterocycles. The fourth-order valence-electron chi connectivity index (χ4n) is 2.83. The Hall–Kier alpha value is -2.40. The molecule has 1 aromatic carbocycles. The Kier molecular flexibility index (Phi) is 4.57. The lowest BCUT2D eigenvalue weighted by Gasteiger charge is -2.18. The SMILES string of the molecule is CC[C@H](COC)n1cnc(-c2ccccc2)c1-c1cc(C)[nH]n1. The summed E-state index contributed by atoms with van der Waals surface area (Å²) in [6.45, 7) is 4.81. The van der Waals surface area contributed by atoms with Gasteiger partial charge in [0.25, 0.3) is 0 Å². The third-order valence-electron chi connectivity index (χ3n) is 4.01. The molecule has 0 saturated heterocycles. The van der Waals surface area contributed by atoms with E-state index in [1.165, 1.54) is 0 Å². The maximum Gasteiger partial charge on any atom is 0.111 e. The first-order chi connectivity index (χ1) is 11.2. The number of aromatic amines is 1. The van der Waals surface area contributed by atoms with Gasteiger partial charge in [-0.3, -0.25) is 5.10 Å². The molecule has 3 rings (SSSR count). The number of methoxy groups -OCH3 is 1. The quantitative estimate of drug-likeness (QED) is 0.752. The number of nitrogens with zero attached hydrogens (tertiary/aromatic N) is 3. The Balaban J connectivity index is 2.16. The van der Waals surface area contributed by atoms with Crippen LogP contribution in [0, 0.1) is 6.92 Å². The summed E-state index contributed by atoms with van der Waals surface area (Å²) in [4.78, 5) is 4.68. The minimum Gasteiger partial charge on any atom is -0.383 e. The van der Waals surface area contributed by atoms with Crippen LogP contribution in [0.15, 0.2) is 42.7 Å². The topological polar surface area (TPSA) is 55.7 Å². The summed E-state index contributed by atoms with van der Waals surface area (Å²) in [5.74, 6) is 0. The molecule has 0 unspecified atom stereocenters. The fraction of sp³-hybridized carbons (Fsp3) is 0.333. The van der Waals surface area contributed by atoms with Crippen LogP contribution in [-0.2, 0) is 4.74 Å². The molecule has 0 aliphatic rings. The first-order valence-corrected chi connectivity index (χ1v) is 7.88. The number of benzene rings is 1. The van der Waals surface area contributed by atoms with Crippen LogP contribution in [0.1, 0.15) is 25.1 Å². The lowest BCUT2D eigenvalue weighted by atomic mass is 10.1. The molecular weight excluding hydrogens is 288 g/mol. The van der Waals surface area contributed by atoms with Gasteiger partial charge in [0.05, 0.1) is 30.4 Å². The predicted molar refractivity (Wildman–Crippen MR) is 91.2 cm³/mol. The van der Waals surface area contributed by atoms with E-state index in [1.54, 1.807) is 7.11 Å². The molecule has 23 heavy (non-hydrogen) atoms. The highest BCUT2D eigenvalue weighted by atomic mass is 16.5. The molecule has 1 N–H and O–H groups in total. The van der Waals surface area contributed by atoms with Crippen LogP contribution in [-0.4, -0.2) is 33.5 Å². The van der Waals surface area contributed by atoms with Gasteiger partial charge in [-0.25, -0.2) is 4.98 Å². The van der Waals surface area contributed by atoms with Gasteiger partial charge in [0.15, 0.2) is 0 Å². The summed E-state index contributed by atoms with van der Waals surface area (Å²) in [5.41, 5.74) is 5.02. The van der Waals surface area contributed by atoms with Crippen molar-refractivity contribution >= 4 is 0 Å². The van der Waals surface area contributed by atoms with Gasteiger partial charge in [-0.2, -0.15) is 5.10 Å². The van der Waals surface area contributed by atoms with E-state index in [2.05, 4.69) is 44.9 Å². The second-order valence-corrected chi connectivity index (χ2v) is 5.67. The van der Waals surface area contributed by atoms with E-state index in [-0.39, 0.29) is 6.04 Å². The molecule has 2 heterocycles. The summed E-state index contributed by atoms with van der Waals surface area (Å²) in [6, 6.07) is 12.5. The second kappa shape index (κ2) is 6.79. The van der Waals surface area contributed by atoms with Crippen LogP contribution in [0.5, 0.6) is 0 Å². The highest BCUT2D eigenvalue weighted by molar-refractivity contribution is 5.77. The molecule has 120 valence electrons. The Bertz CT molecular complexity index is 760. The van der Waals surface area contributed by atoms with E-state index in [0.29, 0.717) is 6.61 Å². The van der Waals surface area contributed by atoms with Gasteiger partial charge in [-0.1, -0.05) is 37.3 Å². The molecule has 1 atom stereocenters. The smallest absolute Gasteiger partial charge is 0.111 e. The van der Waals surface area contributed by atoms with Gasteiger partial charge >= 0.3 is 0 Å². The monoisotopic (exact) mass is 310 g/mol. The normalized spacial score (nSPS) is 12.5. The van der Waals surface area contributed by atoms with E-state index < -0.39 is 0 Å². The van der Waals surface area contributed by atoms with Gasteiger partial charge in [0.1, 0.15) is 5.69 Å². The van der Waals surface area contributed by atoms with Crippen LogP contribution < -0.4 is 0 Å². The number of hydrogen-bond donors (Lipinski definition) is 1. The van der Waals surface area contributed by atoms with Gasteiger partial charge in [-0.15, -0.1) is 0 Å². The molecule has 0 fully saturated rings. The van der Waals surface area contributed by atoms with Crippen LogP contribution in [0.25, 0.3) is 22.6 Å². The summed E-state index contributed by atoms with van der Waals surface area (Å²) in [5, 5.41) is 7.48. The molecule has 0 aliphatic carbocycles. The largest absolute Gasteiger partial charge is 0.383 e. The van der Waals surface area contributed by atoms with Crippen LogP contribution in [0.3, 0.4) is 0 Å². The summed E-state index contributed by atoms with van der Waals surface area (Å²) in [7, 11) is 1.73. The fourth-order valence-corrected chi connectivity index (χ4v) is 2.83. The first-order valence-electron chi connectivity index (χ1n) is 7.88. The van der Waals surface area contributed by atoms with Gasteiger partial charge in [-0.05, 0) is 19.4 Å². The number of H-pyrrole nitrogens is 1. The zero-order valence-electron chi connectivity index (χ0n) is 13.8. The Morgan fingerprint density at radius 1 is 1.26 bits per heavy atom. The van der Waals surface area contributed by atoms with E-state index >= 15 is 0 Å². The standard InChI is InChI=1S/C18H22N4O/c1-4-15(11-23-3)22-12-19-17(14-8-6-5-7-9-14)18(22)16-10-13(2)20-21-16/h5-10,12,15H,4,11H2,1-3H3,(H,20,21)/t15-/m1/s1. The van der Waals surface area contributed by atoms with E-state index in [9.17, 15) is 0 Å². The van der Waals surface area contributed by atoms with Crippen LogP contribution in [0.4, 0.5) is 0 Å². The summed E-state index contributed by atoms with van der Waals surface area (Å²) in [6.07, 6.45) is 2.86. The van der Waals surface area contributed by atoms with Gasteiger partial charge in [0.2, 0.25) is 0 Å². The van der Waals surface area contributed by atoms with Crippen molar-refractivity contribution in [2.75, 3.05) is 13.7 Å². The zero-order valence-corrected chi connectivity index (χ0v) is 13.8. The molecule has 0 amide bonds. The van der Waals surface area contributed by atoms with Crippen molar-refractivity contribution in [2.24, 2.45) is 0 Å². The number of hydrogen-bond acceptors (Lipinski definition) is 3. The number of imidazole rings is 1. The highest BCUT2D eigenvalue weighted by Gasteiger charge is 2.21. The molecule has 5 heteroatoms. The number of aromatic nitrogens is 4. The number of nitrogens with one attached hydrogen (secondary N) is 1. The van der Waals surface area contributed by atoms with Gasteiger partial charge < -0.3 is 9.30 Å². The van der Waals surface area contributed by atoms with Crippen molar-refractivity contribution in [3.05, 3.63) is 48.4 Å². The maximum atomic E-state index is 5.38. The maximum absolute atomic E-state index is 5.38. The number of ether oxygens (including phenoxy) is 1. The minimum absolute atomic E-state index is 0.233. The number of aryl methyl sites for hydroxylation is 1. The van der Waals surface area contributed by atoms with Crippen molar-refractivity contribution in [1.82, 2.24) is 19.7 Å². The third kappa shape index (κ3) is 3.05. The Labute approximate surface area is 136 Å². The van der Waals surface area contributed by atoms with E-state index in [0.717, 1.165) is 34.8 Å². The molecular formula is C18H22N4O. The molecule has 0 saturated carbocycles. The predicted octanol–water partition coefficient (Wildman–Crippen LogP) is 3.85. The Morgan fingerprint density at radius 3 is 2.65 bits per heavy atom. The van der Waals surface area contributed by atoms with Crippen LogP contribution >= 0.6 is 0 Å². The second-order valence-electron chi connectivity index (χ2n) is 5.67. The molecule has 0 aliphatic heterocycles. The average molecular weight is 310 g/mol. The molecule has 0 radical (unpaired) electrons. The van der Waals surface area contributed by atoms with Crippen molar-refractivity contribution < 1.29 is 4.74 Å². The molecule has 0 bridgehead atoms. The highest BCUT2D eigenvalue weighted by Crippen LogP contribution is 2.33. The van der Waals surface area contributed by atoms with Crippen molar-refractivity contribution in [3.63, 3.8) is 0 Å². The van der Waals surface area contributed by atoms with E-state index in [1.807, 2.05) is 31.5 Å². The lowest BCUT2D eigenvalue weighted by molar-refractivity contribution is 0.153. The molecule has 3 aromatic rings. The van der Waals surface area contributed by atoms with Crippen LogP contribution in [0.2, 0.25) is 0 Å². The summed E-state index contributed by atoms with van der Waals surface area (Å²) >= 11 is 0. The zero-order chi connectivity index (χ0) is 16.2. The number of rotatable bonds is 6. The Morgan fingerprint density at radius 2 is 2.04 bits per heavy atom. The minimum atomic E-state index is 0.233. The average Bonchev–Trinajstić information content (AvgIpc) is 3.19. The van der Waals surface area contributed by atoms with E-state index in [4.69, 9.17) is 4.74 Å². The van der Waals surface area contributed by atoms with Crippen molar-refractivity contribution in [3.8, 4) is 22.6 Å². The van der Waals surface area contributed by atoms with Crippen molar-refractivity contribution in [2.45, 2.75) is 26.3 Å².